The number of hydrogen-bond acceptors (Lipinski definition) is 3. The highest BCUT2D eigenvalue weighted by molar-refractivity contribution is 6.06. The Kier molecular flexibility index (Phi) is 4.92. The van der Waals surface area contributed by atoms with E-state index in [0.717, 1.165) is 28.8 Å². The number of pyridine rings is 1. The van der Waals surface area contributed by atoms with Gasteiger partial charge >= 0.3 is 0 Å². The summed E-state index contributed by atoms with van der Waals surface area (Å²) in [5.41, 5.74) is 3.22. The maximum absolute atomic E-state index is 13.0. The molecule has 1 amide bonds. The second-order valence-corrected chi connectivity index (χ2v) is 7.70. The fourth-order valence-electron chi connectivity index (χ4n) is 3.89. The van der Waals surface area contributed by atoms with Crippen LogP contribution in [0.25, 0.3) is 22.3 Å². The first-order valence-electron chi connectivity index (χ1n) is 9.85. The van der Waals surface area contributed by atoms with E-state index in [1.165, 1.54) is 25.7 Å². The van der Waals surface area contributed by atoms with Crippen molar-refractivity contribution in [2.24, 2.45) is 5.92 Å². The zero-order chi connectivity index (χ0) is 18.8. The molecule has 1 aliphatic carbocycles. The van der Waals surface area contributed by atoms with Crippen LogP contribution in [0.2, 0.25) is 0 Å². The van der Waals surface area contributed by atoms with Gasteiger partial charge in [0.25, 0.3) is 5.91 Å². The van der Waals surface area contributed by atoms with E-state index in [4.69, 9.17) is 4.98 Å². The minimum absolute atomic E-state index is 0.0326. The van der Waals surface area contributed by atoms with E-state index in [1.807, 2.05) is 41.1 Å². The molecular formula is C22H26N4O. The molecule has 0 unspecified atom stereocenters. The molecule has 5 heteroatoms. The third kappa shape index (κ3) is 3.59. The van der Waals surface area contributed by atoms with Gasteiger partial charge < -0.3 is 5.32 Å². The van der Waals surface area contributed by atoms with Crippen LogP contribution in [0.15, 0.2) is 42.6 Å². The van der Waals surface area contributed by atoms with E-state index < -0.39 is 0 Å². The lowest BCUT2D eigenvalue weighted by molar-refractivity contribution is 0.0949. The van der Waals surface area contributed by atoms with Gasteiger partial charge in [0.15, 0.2) is 5.65 Å². The SMILES string of the molecule is CC(C)n1ncc2c(C(=O)NCC3CCCC3)cc(-c3ccccc3)nc21. The van der Waals surface area contributed by atoms with Crippen molar-refractivity contribution in [2.45, 2.75) is 45.6 Å². The molecule has 1 aliphatic rings. The van der Waals surface area contributed by atoms with Gasteiger partial charge in [0.05, 0.1) is 22.8 Å². The van der Waals surface area contributed by atoms with Crippen molar-refractivity contribution in [3.63, 3.8) is 0 Å². The summed E-state index contributed by atoms with van der Waals surface area (Å²) in [6.45, 7) is 4.90. The van der Waals surface area contributed by atoms with Gasteiger partial charge in [0, 0.05) is 18.2 Å². The Balaban J connectivity index is 1.74. The van der Waals surface area contributed by atoms with Crippen LogP contribution in [0.1, 0.15) is 55.9 Å². The molecule has 0 saturated heterocycles. The molecule has 27 heavy (non-hydrogen) atoms. The Morgan fingerprint density at radius 1 is 1.22 bits per heavy atom. The predicted molar refractivity (Wildman–Crippen MR) is 108 cm³/mol. The zero-order valence-electron chi connectivity index (χ0n) is 16.0. The number of amides is 1. The van der Waals surface area contributed by atoms with Gasteiger partial charge in [0.2, 0.25) is 0 Å². The number of rotatable bonds is 5. The topological polar surface area (TPSA) is 59.8 Å². The second-order valence-electron chi connectivity index (χ2n) is 7.70. The van der Waals surface area contributed by atoms with E-state index in [1.54, 1.807) is 6.20 Å². The van der Waals surface area contributed by atoms with Crippen LogP contribution in [0.5, 0.6) is 0 Å². The highest BCUT2D eigenvalue weighted by atomic mass is 16.1. The van der Waals surface area contributed by atoms with Crippen LogP contribution < -0.4 is 5.32 Å². The number of hydrogen-bond donors (Lipinski definition) is 1. The van der Waals surface area contributed by atoms with Gasteiger partial charge in [-0.05, 0) is 38.7 Å². The molecule has 3 aromatic rings. The first-order chi connectivity index (χ1) is 13.1. The molecule has 1 fully saturated rings. The van der Waals surface area contributed by atoms with E-state index >= 15 is 0 Å². The molecule has 1 N–H and O–H groups in total. The Labute approximate surface area is 159 Å². The molecule has 0 spiro atoms. The smallest absolute Gasteiger partial charge is 0.252 e. The van der Waals surface area contributed by atoms with Crippen LogP contribution in [0.4, 0.5) is 0 Å². The fraction of sp³-hybridized carbons (Fsp3) is 0.409. The monoisotopic (exact) mass is 362 g/mol. The molecule has 1 aromatic carbocycles. The third-order valence-corrected chi connectivity index (χ3v) is 5.40. The second kappa shape index (κ2) is 7.51. The van der Waals surface area contributed by atoms with E-state index in [9.17, 15) is 4.79 Å². The summed E-state index contributed by atoms with van der Waals surface area (Å²) in [7, 11) is 0. The van der Waals surface area contributed by atoms with Crippen LogP contribution in [-0.2, 0) is 0 Å². The van der Waals surface area contributed by atoms with Crippen molar-refractivity contribution in [2.75, 3.05) is 6.54 Å². The number of fused-ring (bicyclic) bond motifs is 1. The summed E-state index contributed by atoms with van der Waals surface area (Å²) in [6, 6.07) is 12.1. The molecule has 0 bridgehead atoms. The van der Waals surface area contributed by atoms with Crippen molar-refractivity contribution in [3.05, 3.63) is 48.2 Å². The van der Waals surface area contributed by atoms with Gasteiger partial charge in [-0.2, -0.15) is 5.10 Å². The Morgan fingerprint density at radius 3 is 2.67 bits per heavy atom. The molecule has 2 aromatic heterocycles. The predicted octanol–water partition coefficient (Wildman–Crippen LogP) is 4.60. The first-order valence-corrected chi connectivity index (χ1v) is 9.85. The number of nitrogens with one attached hydrogen (secondary N) is 1. The maximum Gasteiger partial charge on any atom is 0.252 e. The van der Waals surface area contributed by atoms with Gasteiger partial charge in [-0.15, -0.1) is 0 Å². The molecule has 4 rings (SSSR count). The number of aromatic nitrogens is 3. The normalized spacial score (nSPS) is 14.9. The van der Waals surface area contributed by atoms with Crippen molar-refractivity contribution in [3.8, 4) is 11.3 Å². The lowest BCUT2D eigenvalue weighted by Crippen LogP contribution is -2.28. The fourth-order valence-corrected chi connectivity index (χ4v) is 3.89. The summed E-state index contributed by atoms with van der Waals surface area (Å²) in [6.07, 6.45) is 6.75. The number of nitrogens with zero attached hydrogens (tertiary/aromatic N) is 3. The van der Waals surface area contributed by atoms with Crippen LogP contribution in [0, 0.1) is 5.92 Å². The molecular weight excluding hydrogens is 336 g/mol. The Hall–Kier alpha value is -2.69. The van der Waals surface area contributed by atoms with Gasteiger partial charge in [-0.3, -0.25) is 4.79 Å². The minimum atomic E-state index is -0.0326. The van der Waals surface area contributed by atoms with Crippen molar-refractivity contribution >= 4 is 16.9 Å². The quantitative estimate of drug-likeness (QED) is 0.721. The van der Waals surface area contributed by atoms with Crippen LogP contribution in [0.3, 0.4) is 0 Å². The zero-order valence-corrected chi connectivity index (χ0v) is 16.0. The summed E-state index contributed by atoms with van der Waals surface area (Å²) >= 11 is 0. The average molecular weight is 362 g/mol. The number of benzene rings is 1. The maximum atomic E-state index is 13.0. The minimum Gasteiger partial charge on any atom is -0.352 e. The third-order valence-electron chi connectivity index (χ3n) is 5.40. The first kappa shape index (κ1) is 17.7. The Morgan fingerprint density at radius 2 is 1.96 bits per heavy atom. The van der Waals surface area contributed by atoms with Gasteiger partial charge in [-0.1, -0.05) is 43.2 Å². The van der Waals surface area contributed by atoms with Gasteiger partial charge in [0.1, 0.15) is 0 Å². The van der Waals surface area contributed by atoms with E-state index in [-0.39, 0.29) is 11.9 Å². The molecule has 0 radical (unpaired) electrons. The highest BCUT2D eigenvalue weighted by Gasteiger charge is 2.20. The highest BCUT2D eigenvalue weighted by Crippen LogP contribution is 2.27. The van der Waals surface area contributed by atoms with Gasteiger partial charge in [-0.25, -0.2) is 9.67 Å². The van der Waals surface area contributed by atoms with Crippen LogP contribution in [-0.4, -0.2) is 27.2 Å². The Bertz CT molecular complexity index is 940. The number of carbonyl (C=O) groups is 1. The molecule has 140 valence electrons. The summed E-state index contributed by atoms with van der Waals surface area (Å²) in [5.74, 6) is 0.577. The lowest BCUT2D eigenvalue weighted by atomic mass is 10.1. The summed E-state index contributed by atoms with van der Waals surface area (Å²) in [5, 5.41) is 8.44. The largest absolute Gasteiger partial charge is 0.352 e. The van der Waals surface area contributed by atoms with Crippen molar-refractivity contribution in [1.29, 1.82) is 0 Å². The summed E-state index contributed by atoms with van der Waals surface area (Å²) < 4.78 is 1.88. The lowest BCUT2D eigenvalue weighted by Gasteiger charge is -2.13. The van der Waals surface area contributed by atoms with E-state index in [0.29, 0.717) is 11.5 Å². The van der Waals surface area contributed by atoms with Crippen molar-refractivity contribution < 1.29 is 4.79 Å². The molecule has 2 heterocycles. The van der Waals surface area contributed by atoms with Crippen molar-refractivity contribution in [1.82, 2.24) is 20.1 Å². The summed E-state index contributed by atoms with van der Waals surface area (Å²) in [4.78, 5) is 17.8. The molecule has 0 aliphatic heterocycles. The molecule has 0 atom stereocenters. The number of carbonyl (C=O) groups excluding carboxylic acids is 1. The van der Waals surface area contributed by atoms with E-state index in [2.05, 4.69) is 24.3 Å². The standard InChI is InChI=1S/C22H26N4O/c1-15(2)26-21-19(14-24-26)18(22(27)23-13-16-8-6-7-9-16)12-20(25-21)17-10-4-3-5-11-17/h3-5,10-12,14-16H,6-9,13H2,1-2H3,(H,23,27). The molecule has 1 saturated carbocycles. The van der Waals surface area contributed by atoms with Crippen LogP contribution >= 0.6 is 0 Å². The average Bonchev–Trinajstić information content (AvgIpc) is 3.35. The molecule has 5 nitrogen and oxygen atoms in total.